The number of benzene rings is 1. The van der Waals surface area contributed by atoms with Crippen LogP contribution in [-0.4, -0.2) is 15.3 Å². The molecule has 1 N–H and O–H groups in total. The Morgan fingerprint density at radius 2 is 2.00 bits per heavy atom. The molecule has 0 fully saturated rings. The Labute approximate surface area is 121 Å². The van der Waals surface area contributed by atoms with Crippen molar-refractivity contribution >= 4 is 17.4 Å². The first-order valence-electron chi connectivity index (χ1n) is 6.72. The monoisotopic (exact) mass is 283 g/mol. The van der Waals surface area contributed by atoms with Crippen molar-refractivity contribution in [3.63, 3.8) is 0 Å². The molecular formula is C16H14FN3O. The van der Waals surface area contributed by atoms with Gasteiger partial charge in [0, 0.05) is 18.2 Å². The lowest BCUT2D eigenvalue weighted by Gasteiger charge is -2.06. The molecule has 4 nitrogen and oxygen atoms in total. The second kappa shape index (κ2) is 5.36. The summed E-state index contributed by atoms with van der Waals surface area (Å²) in [6, 6.07) is 11.7. The fourth-order valence-corrected chi connectivity index (χ4v) is 2.14. The molecular weight excluding hydrogens is 269 g/mol. The van der Waals surface area contributed by atoms with E-state index in [1.54, 1.807) is 19.1 Å². The molecule has 21 heavy (non-hydrogen) atoms. The van der Waals surface area contributed by atoms with E-state index >= 15 is 0 Å². The molecule has 0 saturated heterocycles. The lowest BCUT2D eigenvalue weighted by atomic mass is 10.1. The Kier molecular flexibility index (Phi) is 3.39. The molecule has 1 amide bonds. The number of aromatic nitrogens is 2. The third-order valence-corrected chi connectivity index (χ3v) is 3.23. The van der Waals surface area contributed by atoms with Crippen LogP contribution in [0.4, 0.5) is 10.2 Å². The first-order chi connectivity index (χ1) is 10.2. The van der Waals surface area contributed by atoms with Gasteiger partial charge in [-0.25, -0.2) is 9.37 Å². The molecule has 0 saturated carbocycles. The number of anilines is 1. The molecule has 0 aliphatic rings. The van der Waals surface area contributed by atoms with Gasteiger partial charge in [0.1, 0.15) is 23.0 Å². The van der Waals surface area contributed by atoms with Gasteiger partial charge in [-0.3, -0.25) is 9.20 Å². The zero-order valence-electron chi connectivity index (χ0n) is 11.5. The van der Waals surface area contributed by atoms with Gasteiger partial charge in [-0.05, 0) is 36.4 Å². The van der Waals surface area contributed by atoms with Crippen LogP contribution in [0.5, 0.6) is 0 Å². The number of rotatable bonds is 3. The van der Waals surface area contributed by atoms with Crippen LogP contribution < -0.4 is 5.32 Å². The normalized spacial score (nSPS) is 10.8. The number of carbonyl (C=O) groups excluding carboxylic acids is 1. The van der Waals surface area contributed by atoms with E-state index in [0.717, 1.165) is 11.2 Å². The Morgan fingerprint density at radius 3 is 2.71 bits per heavy atom. The van der Waals surface area contributed by atoms with Gasteiger partial charge in [-0.1, -0.05) is 13.0 Å². The number of carbonyl (C=O) groups is 1. The molecule has 0 bridgehead atoms. The minimum absolute atomic E-state index is 0.0935. The molecule has 0 aliphatic heterocycles. The Balaban J connectivity index is 2.18. The van der Waals surface area contributed by atoms with Crippen LogP contribution >= 0.6 is 0 Å². The van der Waals surface area contributed by atoms with Crippen LogP contribution in [0.2, 0.25) is 0 Å². The van der Waals surface area contributed by atoms with E-state index in [-0.39, 0.29) is 11.7 Å². The van der Waals surface area contributed by atoms with Gasteiger partial charge < -0.3 is 5.32 Å². The largest absolute Gasteiger partial charge is 0.310 e. The summed E-state index contributed by atoms with van der Waals surface area (Å²) >= 11 is 0. The van der Waals surface area contributed by atoms with E-state index in [1.165, 1.54) is 12.1 Å². The predicted octanol–water partition coefficient (Wildman–Crippen LogP) is 3.49. The van der Waals surface area contributed by atoms with Crippen molar-refractivity contribution in [2.24, 2.45) is 0 Å². The van der Waals surface area contributed by atoms with Crippen LogP contribution in [-0.2, 0) is 4.79 Å². The first kappa shape index (κ1) is 13.3. The molecule has 1 aromatic carbocycles. The number of hydrogen-bond acceptors (Lipinski definition) is 2. The molecule has 0 aliphatic carbocycles. The van der Waals surface area contributed by atoms with Crippen molar-refractivity contribution in [3.05, 3.63) is 54.5 Å². The number of imidazole rings is 1. The second-order valence-corrected chi connectivity index (χ2v) is 4.65. The van der Waals surface area contributed by atoms with Gasteiger partial charge in [-0.2, -0.15) is 0 Å². The zero-order chi connectivity index (χ0) is 14.8. The third-order valence-electron chi connectivity index (χ3n) is 3.23. The van der Waals surface area contributed by atoms with Gasteiger partial charge in [0.15, 0.2) is 0 Å². The Morgan fingerprint density at radius 1 is 1.24 bits per heavy atom. The van der Waals surface area contributed by atoms with E-state index in [1.807, 2.05) is 28.8 Å². The van der Waals surface area contributed by atoms with E-state index in [2.05, 4.69) is 10.3 Å². The highest BCUT2D eigenvalue weighted by atomic mass is 19.1. The van der Waals surface area contributed by atoms with Gasteiger partial charge in [-0.15, -0.1) is 0 Å². The average Bonchev–Trinajstić information content (AvgIpc) is 2.87. The molecule has 0 radical (unpaired) electrons. The van der Waals surface area contributed by atoms with E-state index < -0.39 is 0 Å². The van der Waals surface area contributed by atoms with Crippen molar-refractivity contribution in [2.75, 3.05) is 5.32 Å². The summed E-state index contributed by atoms with van der Waals surface area (Å²) in [5.74, 6) is 0.203. The van der Waals surface area contributed by atoms with Crippen LogP contribution in [0.3, 0.4) is 0 Å². The topological polar surface area (TPSA) is 46.4 Å². The maximum absolute atomic E-state index is 13.1. The van der Waals surface area contributed by atoms with Crippen LogP contribution in [0.1, 0.15) is 13.3 Å². The van der Waals surface area contributed by atoms with Crippen molar-refractivity contribution in [2.45, 2.75) is 13.3 Å². The smallest absolute Gasteiger partial charge is 0.225 e. The van der Waals surface area contributed by atoms with Gasteiger partial charge in [0.2, 0.25) is 5.91 Å². The van der Waals surface area contributed by atoms with Crippen molar-refractivity contribution in [1.29, 1.82) is 0 Å². The molecule has 0 atom stereocenters. The number of halogens is 1. The number of hydrogen-bond donors (Lipinski definition) is 1. The standard InChI is InChI=1S/C16H14FN3O/c1-2-14(21)19-16-15(11-6-8-12(17)9-7-11)18-13-5-3-4-10-20(13)16/h3-10H,2H2,1H3,(H,19,21). The van der Waals surface area contributed by atoms with Crippen molar-refractivity contribution < 1.29 is 9.18 Å². The van der Waals surface area contributed by atoms with Crippen molar-refractivity contribution in [1.82, 2.24) is 9.38 Å². The molecule has 3 aromatic rings. The van der Waals surface area contributed by atoms with E-state index in [0.29, 0.717) is 17.9 Å². The summed E-state index contributed by atoms with van der Waals surface area (Å²) in [6.07, 6.45) is 2.21. The number of nitrogens with one attached hydrogen (secondary N) is 1. The first-order valence-corrected chi connectivity index (χ1v) is 6.72. The number of amides is 1. The highest BCUT2D eigenvalue weighted by Gasteiger charge is 2.15. The predicted molar refractivity (Wildman–Crippen MR) is 79.5 cm³/mol. The highest BCUT2D eigenvalue weighted by molar-refractivity contribution is 5.94. The van der Waals surface area contributed by atoms with Gasteiger partial charge in [0.25, 0.3) is 0 Å². The minimum Gasteiger partial charge on any atom is -0.310 e. The van der Waals surface area contributed by atoms with Crippen LogP contribution in [0.25, 0.3) is 16.9 Å². The number of pyridine rings is 1. The van der Waals surface area contributed by atoms with Gasteiger partial charge >= 0.3 is 0 Å². The van der Waals surface area contributed by atoms with E-state index in [9.17, 15) is 9.18 Å². The molecule has 106 valence electrons. The molecule has 2 heterocycles. The van der Waals surface area contributed by atoms with Crippen molar-refractivity contribution in [3.8, 4) is 11.3 Å². The summed E-state index contributed by atoms with van der Waals surface area (Å²) in [4.78, 5) is 16.3. The molecule has 3 rings (SSSR count). The fourth-order valence-electron chi connectivity index (χ4n) is 2.14. The average molecular weight is 283 g/mol. The summed E-state index contributed by atoms with van der Waals surface area (Å²) in [5, 5.41) is 2.86. The lowest BCUT2D eigenvalue weighted by Crippen LogP contribution is -2.12. The van der Waals surface area contributed by atoms with Crippen LogP contribution in [0.15, 0.2) is 48.7 Å². The maximum atomic E-state index is 13.1. The highest BCUT2D eigenvalue weighted by Crippen LogP contribution is 2.28. The minimum atomic E-state index is -0.304. The van der Waals surface area contributed by atoms with Gasteiger partial charge in [0.05, 0.1) is 0 Å². The second-order valence-electron chi connectivity index (χ2n) is 4.65. The Hall–Kier alpha value is -2.69. The quantitative estimate of drug-likeness (QED) is 0.799. The summed E-state index contributed by atoms with van der Waals surface area (Å²) in [6.45, 7) is 1.79. The lowest BCUT2D eigenvalue weighted by molar-refractivity contribution is -0.115. The number of fused-ring (bicyclic) bond motifs is 1. The number of nitrogens with zero attached hydrogens (tertiary/aromatic N) is 2. The maximum Gasteiger partial charge on any atom is 0.225 e. The third kappa shape index (κ3) is 2.50. The zero-order valence-corrected chi connectivity index (χ0v) is 11.5. The molecule has 0 unspecified atom stereocenters. The van der Waals surface area contributed by atoms with E-state index in [4.69, 9.17) is 0 Å². The Bertz CT molecular complexity index is 793. The fraction of sp³-hybridized carbons (Fsp3) is 0.125. The van der Waals surface area contributed by atoms with Crippen LogP contribution in [0, 0.1) is 5.82 Å². The molecule has 0 spiro atoms. The summed E-state index contributed by atoms with van der Waals surface area (Å²) in [5.41, 5.74) is 2.11. The SMILES string of the molecule is CCC(=O)Nc1c(-c2ccc(F)cc2)nc2ccccn12. The molecule has 2 aromatic heterocycles. The summed E-state index contributed by atoms with van der Waals surface area (Å²) in [7, 11) is 0. The summed E-state index contributed by atoms with van der Waals surface area (Å²) < 4.78 is 14.9. The molecule has 5 heteroatoms.